The number of hydrogen-bond acceptors (Lipinski definition) is 5. The van der Waals surface area contributed by atoms with Gasteiger partial charge in [-0.3, -0.25) is 4.79 Å². The van der Waals surface area contributed by atoms with Crippen LogP contribution in [0.1, 0.15) is 70.6 Å². The highest BCUT2D eigenvalue weighted by atomic mass is 32.2. The number of nitrogens with one attached hydrogen (secondary N) is 1. The lowest BCUT2D eigenvalue weighted by atomic mass is 10.00. The minimum absolute atomic E-state index is 0.0147. The van der Waals surface area contributed by atoms with E-state index in [0.29, 0.717) is 30.0 Å². The average Bonchev–Trinajstić information content (AvgIpc) is 2.84. The predicted molar refractivity (Wildman–Crippen MR) is 140 cm³/mol. The van der Waals surface area contributed by atoms with E-state index in [1.54, 1.807) is 36.6 Å². The van der Waals surface area contributed by atoms with Crippen molar-refractivity contribution in [2.75, 3.05) is 6.54 Å². The molecule has 0 radical (unpaired) electrons. The highest BCUT2D eigenvalue weighted by molar-refractivity contribution is 7.89. The van der Waals surface area contributed by atoms with Gasteiger partial charge in [0.2, 0.25) is 10.0 Å². The predicted octanol–water partition coefficient (Wildman–Crippen LogP) is 6.73. The molecule has 2 rings (SSSR count). The average molecular weight is 500 g/mol. The smallest absolute Gasteiger partial charge is 0.257 e. The molecule has 35 heavy (non-hydrogen) atoms. The topological polar surface area (TPSA) is 97.2 Å². The molecule has 1 atom stereocenters. The summed E-state index contributed by atoms with van der Waals surface area (Å²) in [7, 11) is -3.79. The van der Waals surface area contributed by atoms with Gasteiger partial charge in [-0.25, -0.2) is 18.0 Å². The number of aromatic nitrogens is 1. The van der Waals surface area contributed by atoms with Crippen molar-refractivity contribution in [2.24, 2.45) is 16.1 Å². The van der Waals surface area contributed by atoms with Gasteiger partial charge in [-0.05, 0) is 50.3 Å². The Labute approximate surface area is 209 Å². The molecule has 9 heteroatoms. The maximum atomic E-state index is 13.1. The van der Waals surface area contributed by atoms with Crippen molar-refractivity contribution < 1.29 is 8.42 Å². The zero-order valence-electron chi connectivity index (χ0n) is 21.5. The number of azo groups is 1. The van der Waals surface area contributed by atoms with Crippen LogP contribution in [0.2, 0.25) is 0 Å². The summed E-state index contributed by atoms with van der Waals surface area (Å²) in [5.41, 5.74) is 1.36. The van der Waals surface area contributed by atoms with Crippen LogP contribution in [0.5, 0.6) is 0 Å². The third-order valence-corrected chi connectivity index (χ3v) is 7.74. The van der Waals surface area contributed by atoms with Crippen LogP contribution in [0.15, 0.2) is 44.2 Å². The Hall–Kier alpha value is -2.83. The largest absolute Gasteiger partial charge is 0.320 e. The Balaban J connectivity index is 2.44. The van der Waals surface area contributed by atoms with Gasteiger partial charge in [-0.1, -0.05) is 58.6 Å². The Morgan fingerprint density at radius 1 is 1.09 bits per heavy atom. The van der Waals surface area contributed by atoms with Gasteiger partial charge >= 0.3 is 0 Å². The summed E-state index contributed by atoms with van der Waals surface area (Å²) in [6, 6.07) is 6.46. The summed E-state index contributed by atoms with van der Waals surface area (Å²) < 4.78 is 30.5. The number of pyridine rings is 1. The number of rotatable bonds is 13. The van der Waals surface area contributed by atoms with Crippen LogP contribution >= 0.6 is 0 Å². The fraction of sp³-hybridized carbons (Fsp3) is 0.538. The van der Waals surface area contributed by atoms with Crippen LogP contribution in [-0.4, -0.2) is 19.5 Å². The van der Waals surface area contributed by atoms with Crippen molar-refractivity contribution >= 4 is 27.1 Å². The molecule has 1 N–H and O–H groups in total. The van der Waals surface area contributed by atoms with E-state index in [1.165, 1.54) is 6.07 Å². The summed E-state index contributed by atoms with van der Waals surface area (Å²) in [6.07, 6.45) is 5.72. The summed E-state index contributed by atoms with van der Waals surface area (Å²) in [5, 5.41) is 8.63. The maximum Gasteiger partial charge on any atom is 0.257 e. The number of benzene rings is 1. The van der Waals surface area contributed by atoms with Crippen molar-refractivity contribution in [3.05, 3.63) is 57.3 Å². The highest BCUT2D eigenvalue weighted by Crippen LogP contribution is 2.32. The van der Waals surface area contributed by atoms with E-state index in [9.17, 15) is 13.2 Å². The molecule has 0 amide bonds. The fourth-order valence-corrected chi connectivity index (χ4v) is 5.19. The standard InChI is InChI=1S/C26H37N5O3S/c1-7-10-14-21(9-3)18-28-35(33,34)23-16-13-12-15-22(23)29-30-24-19(4)25(27-6)26(32)31(20(24)5)17-11-8-2/h12-13,15-16,21,28H,7-11,14,17-18H2,1-5H3. The first kappa shape index (κ1) is 28.4. The maximum absolute atomic E-state index is 13.1. The van der Waals surface area contributed by atoms with E-state index in [-0.39, 0.29) is 27.7 Å². The highest BCUT2D eigenvalue weighted by Gasteiger charge is 2.21. The van der Waals surface area contributed by atoms with E-state index in [0.717, 1.165) is 38.5 Å². The second-order valence-corrected chi connectivity index (χ2v) is 10.5. The van der Waals surface area contributed by atoms with Gasteiger partial charge in [0, 0.05) is 18.8 Å². The molecule has 0 aliphatic carbocycles. The molecular formula is C26H37N5O3S. The van der Waals surface area contributed by atoms with E-state index in [1.807, 2.05) is 6.92 Å². The van der Waals surface area contributed by atoms with E-state index >= 15 is 0 Å². The van der Waals surface area contributed by atoms with Gasteiger partial charge in [0.05, 0.1) is 12.3 Å². The minimum Gasteiger partial charge on any atom is -0.320 e. The number of nitrogens with zero attached hydrogens (tertiary/aromatic N) is 4. The molecule has 1 unspecified atom stereocenters. The van der Waals surface area contributed by atoms with Crippen LogP contribution in [0, 0.1) is 26.3 Å². The van der Waals surface area contributed by atoms with E-state index in [4.69, 9.17) is 6.57 Å². The first-order valence-electron chi connectivity index (χ1n) is 12.3. The van der Waals surface area contributed by atoms with Gasteiger partial charge in [0.15, 0.2) is 0 Å². The lowest BCUT2D eigenvalue weighted by Crippen LogP contribution is -2.29. The SMILES string of the molecule is [C-]#[N+]c1c(C)c(N=Nc2ccccc2S(=O)(=O)NCC(CC)CCCC)c(C)n(CCCC)c1=O. The van der Waals surface area contributed by atoms with Crippen LogP contribution in [0.3, 0.4) is 0 Å². The molecule has 1 aromatic carbocycles. The molecule has 0 spiro atoms. The zero-order valence-corrected chi connectivity index (χ0v) is 22.3. The third kappa shape index (κ3) is 7.09. The second kappa shape index (κ2) is 13.3. The molecule has 0 aliphatic heterocycles. The van der Waals surface area contributed by atoms with Gasteiger partial charge in [0.25, 0.3) is 11.2 Å². The number of hydrogen-bond donors (Lipinski definition) is 1. The summed E-state index contributed by atoms with van der Waals surface area (Å²) >= 11 is 0. The molecule has 0 saturated carbocycles. The van der Waals surface area contributed by atoms with Crippen molar-refractivity contribution in [3.63, 3.8) is 0 Å². The monoisotopic (exact) mass is 499 g/mol. The van der Waals surface area contributed by atoms with Gasteiger partial charge < -0.3 is 4.57 Å². The van der Waals surface area contributed by atoms with Gasteiger partial charge in [-0.2, -0.15) is 0 Å². The Morgan fingerprint density at radius 2 is 1.77 bits per heavy atom. The molecule has 1 heterocycles. The molecule has 0 saturated heterocycles. The molecule has 190 valence electrons. The summed E-state index contributed by atoms with van der Waals surface area (Å²) in [4.78, 5) is 16.2. The Bertz CT molecular complexity index is 1240. The van der Waals surface area contributed by atoms with Crippen molar-refractivity contribution in [1.29, 1.82) is 0 Å². The lowest BCUT2D eigenvalue weighted by Gasteiger charge is -2.16. The Kier molecular flexibility index (Phi) is 10.8. The first-order chi connectivity index (χ1) is 16.7. The normalized spacial score (nSPS) is 12.7. The van der Waals surface area contributed by atoms with Crippen molar-refractivity contribution in [3.8, 4) is 0 Å². The second-order valence-electron chi connectivity index (χ2n) is 8.77. The van der Waals surface area contributed by atoms with Crippen molar-refractivity contribution in [1.82, 2.24) is 9.29 Å². The fourth-order valence-electron chi connectivity index (χ4n) is 3.94. The number of unbranched alkanes of at least 4 members (excludes halogenated alkanes) is 2. The molecule has 0 aliphatic rings. The third-order valence-electron chi connectivity index (χ3n) is 6.27. The molecule has 0 fully saturated rings. The Morgan fingerprint density at radius 3 is 2.40 bits per heavy atom. The van der Waals surface area contributed by atoms with Crippen molar-refractivity contribution in [2.45, 2.75) is 84.6 Å². The number of sulfonamides is 1. The molecule has 0 bridgehead atoms. The molecule has 2 aromatic rings. The summed E-state index contributed by atoms with van der Waals surface area (Å²) in [6.45, 7) is 18.0. The van der Waals surface area contributed by atoms with Crippen LogP contribution < -0.4 is 10.3 Å². The van der Waals surface area contributed by atoms with E-state index < -0.39 is 10.0 Å². The lowest BCUT2D eigenvalue weighted by molar-refractivity contribution is 0.444. The molecule has 8 nitrogen and oxygen atoms in total. The van der Waals surface area contributed by atoms with E-state index in [2.05, 4.69) is 33.6 Å². The van der Waals surface area contributed by atoms with Crippen LogP contribution in [0.25, 0.3) is 4.85 Å². The first-order valence-corrected chi connectivity index (χ1v) is 13.8. The molecule has 1 aromatic heterocycles. The quantitative estimate of drug-likeness (QED) is 0.244. The summed E-state index contributed by atoms with van der Waals surface area (Å²) in [5.74, 6) is 0.278. The minimum atomic E-state index is -3.79. The zero-order chi connectivity index (χ0) is 26.0. The van der Waals surface area contributed by atoms with Gasteiger partial charge in [-0.15, -0.1) is 10.2 Å². The van der Waals surface area contributed by atoms with Crippen LogP contribution in [0.4, 0.5) is 17.1 Å². The van der Waals surface area contributed by atoms with Gasteiger partial charge in [0.1, 0.15) is 10.6 Å². The molecular weight excluding hydrogens is 462 g/mol. The van der Waals surface area contributed by atoms with Crippen LogP contribution in [-0.2, 0) is 16.6 Å².